The van der Waals surface area contributed by atoms with Crippen LogP contribution in [0, 0.1) is 0 Å². The fourth-order valence-electron chi connectivity index (χ4n) is 3.53. The summed E-state index contributed by atoms with van der Waals surface area (Å²) in [5.74, 6) is 0.990. The molecule has 0 spiro atoms. The van der Waals surface area contributed by atoms with Crippen molar-refractivity contribution in [2.45, 2.75) is 6.10 Å². The molecule has 38 heavy (non-hydrogen) atoms. The van der Waals surface area contributed by atoms with Crippen molar-refractivity contribution in [1.82, 2.24) is 0 Å². The lowest BCUT2D eigenvalue weighted by Gasteiger charge is -2.14. The summed E-state index contributed by atoms with van der Waals surface area (Å²) in [6.07, 6.45) is 5.77. The molecule has 0 saturated heterocycles. The highest BCUT2D eigenvalue weighted by Gasteiger charge is 2.08. The van der Waals surface area contributed by atoms with Gasteiger partial charge in [-0.2, -0.15) is 0 Å². The van der Waals surface area contributed by atoms with E-state index in [2.05, 4.69) is 0 Å². The minimum Gasteiger partial charge on any atom is -0.491 e. The Kier molecular flexibility index (Phi) is 9.38. The largest absolute Gasteiger partial charge is 0.491 e. The van der Waals surface area contributed by atoms with Crippen LogP contribution >= 0.6 is 0 Å². The van der Waals surface area contributed by atoms with Gasteiger partial charge >= 0.3 is 0 Å². The van der Waals surface area contributed by atoms with E-state index >= 15 is 0 Å². The standard InChI is InChI=1S/C33H28O5/c34-29(23-37-30-17-11-26(12-18-30)14-22-32(35)27-9-5-2-6-10-27)24-38-31-19-15-28(16-20-31)33(36)21-13-25-7-3-1-4-8-25/h1-22,29,34H,23-24H2/b21-13+,22-14+/t29-/m1/s1. The van der Waals surface area contributed by atoms with Crippen molar-refractivity contribution in [1.29, 1.82) is 0 Å². The molecule has 0 unspecified atom stereocenters. The first-order valence-electron chi connectivity index (χ1n) is 12.3. The molecule has 0 bridgehead atoms. The second-order valence-corrected chi connectivity index (χ2v) is 8.54. The lowest BCUT2D eigenvalue weighted by molar-refractivity contribution is 0.0626. The maximum absolute atomic E-state index is 12.4. The van der Waals surface area contributed by atoms with E-state index in [1.165, 1.54) is 6.08 Å². The van der Waals surface area contributed by atoms with Crippen LogP contribution in [-0.4, -0.2) is 36.0 Å². The Bertz CT molecular complexity index is 1370. The van der Waals surface area contributed by atoms with Crippen LogP contribution in [0.1, 0.15) is 31.8 Å². The van der Waals surface area contributed by atoms with Gasteiger partial charge in [0.2, 0.25) is 0 Å². The first-order valence-corrected chi connectivity index (χ1v) is 12.3. The van der Waals surface area contributed by atoms with Crippen LogP contribution in [0.3, 0.4) is 0 Å². The number of aliphatic hydroxyl groups excluding tert-OH is 1. The molecule has 1 atom stereocenters. The smallest absolute Gasteiger partial charge is 0.185 e. The topological polar surface area (TPSA) is 72.8 Å². The van der Waals surface area contributed by atoms with E-state index in [1.54, 1.807) is 66.8 Å². The van der Waals surface area contributed by atoms with Crippen molar-refractivity contribution >= 4 is 23.7 Å². The van der Waals surface area contributed by atoms with Crippen molar-refractivity contribution in [2.24, 2.45) is 0 Å². The number of benzene rings is 4. The Morgan fingerprint density at radius 3 is 1.53 bits per heavy atom. The minimum absolute atomic E-state index is 0.0453. The molecule has 190 valence electrons. The first-order chi connectivity index (χ1) is 18.6. The predicted molar refractivity (Wildman–Crippen MR) is 149 cm³/mol. The predicted octanol–water partition coefficient (Wildman–Crippen LogP) is 6.30. The van der Waals surface area contributed by atoms with Gasteiger partial charge in [-0.25, -0.2) is 0 Å². The summed E-state index contributed by atoms with van der Waals surface area (Å²) in [5.41, 5.74) is 3.01. The lowest BCUT2D eigenvalue weighted by atomic mass is 10.1. The van der Waals surface area contributed by atoms with Gasteiger partial charge in [-0.1, -0.05) is 84.9 Å². The lowest BCUT2D eigenvalue weighted by Crippen LogP contribution is -2.25. The SMILES string of the molecule is O=C(/C=C/c1ccc(OC[C@@H](O)COc2ccc(C(=O)/C=C/c3ccccc3)cc2)cc1)c1ccccc1. The number of carbonyl (C=O) groups excluding carboxylic acids is 2. The number of aliphatic hydroxyl groups is 1. The molecular formula is C33H28O5. The van der Waals surface area contributed by atoms with Gasteiger partial charge in [-0.3, -0.25) is 9.59 Å². The normalized spacial score (nSPS) is 11.9. The maximum Gasteiger partial charge on any atom is 0.185 e. The van der Waals surface area contributed by atoms with Gasteiger partial charge in [0.15, 0.2) is 11.6 Å². The third-order valence-corrected chi connectivity index (χ3v) is 5.62. The molecule has 5 heteroatoms. The van der Waals surface area contributed by atoms with E-state index in [1.807, 2.05) is 60.7 Å². The molecule has 1 N–H and O–H groups in total. The highest BCUT2D eigenvalue weighted by atomic mass is 16.5. The molecule has 0 radical (unpaired) electrons. The van der Waals surface area contributed by atoms with Gasteiger partial charge in [0.05, 0.1) is 0 Å². The average molecular weight is 505 g/mol. The van der Waals surface area contributed by atoms with E-state index in [4.69, 9.17) is 9.47 Å². The summed E-state index contributed by atoms with van der Waals surface area (Å²) in [6.45, 7) is 0.103. The van der Waals surface area contributed by atoms with Crippen LogP contribution in [0.4, 0.5) is 0 Å². The van der Waals surface area contributed by atoms with Crippen LogP contribution in [0.15, 0.2) is 121 Å². The maximum atomic E-state index is 12.4. The number of carbonyl (C=O) groups is 2. The second kappa shape index (κ2) is 13.5. The fourth-order valence-corrected chi connectivity index (χ4v) is 3.53. The third kappa shape index (κ3) is 8.15. The van der Waals surface area contributed by atoms with Crippen LogP contribution in [0.5, 0.6) is 11.5 Å². The van der Waals surface area contributed by atoms with Crippen LogP contribution in [0.25, 0.3) is 12.2 Å². The Hall–Kier alpha value is -4.74. The summed E-state index contributed by atoms with van der Waals surface area (Å²) < 4.78 is 11.3. The summed E-state index contributed by atoms with van der Waals surface area (Å²) in [6, 6.07) is 32.7. The van der Waals surface area contributed by atoms with Gasteiger partial charge in [0.25, 0.3) is 0 Å². The fraction of sp³-hybridized carbons (Fsp3) is 0.0909. The Balaban J connectivity index is 1.19. The van der Waals surface area contributed by atoms with Crippen LogP contribution in [-0.2, 0) is 0 Å². The number of hydrogen-bond acceptors (Lipinski definition) is 5. The summed E-state index contributed by atoms with van der Waals surface area (Å²) >= 11 is 0. The van der Waals surface area contributed by atoms with Gasteiger partial charge in [-0.15, -0.1) is 0 Å². The first kappa shape index (κ1) is 26.3. The van der Waals surface area contributed by atoms with E-state index in [-0.39, 0.29) is 24.8 Å². The molecular weight excluding hydrogens is 476 g/mol. The molecule has 0 aliphatic heterocycles. The zero-order valence-corrected chi connectivity index (χ0v) is 20.8. The molecule has 0 aliphatic rings. The number of rotatable bonds is 12. The molecule has 0 fully saturated rings. The quantitative estimate of drug-likeness (QED) is 0.181. The number of allylic oxidation sites excluding steroid dienone is 2. The van der Waals surface area contributed by atoms with Crippen molar-refractivity contribution in [3.63, 3.8) is 0 Å². The average Bonchev–Trinajstić information content (AvgIpc) is 2.98. The molecule has 4 rings (SSSR count). The van der Waals surface area contributed by atoms with Crippen molar-refractivity contribution < 1.29 is 24.2 Å². The number of ketones is 2. The molecule has 0 heterocycles. The Morgan fingerprint density at radius 1 is 0.579 bits per heavy atom. The number of hydrogen-bond donors (Lipinski definition) is 1. The van der Waals surface area contributed by atoms with Gasteiger partial charge in [-0.05, 0) is 59.7 Å². The van der Waals surface area contributed by atoms with E-state index in [0.29, 0.717) is 22.6 Å². The van der Waals surface area contributed by atoms with E-state index in [0.717, 1.165) is 11.1 Å². The van der Waals surface area contributed by atoms with Crippen LogP contribution in [0.2, 0.25) is 0 Å². The molecule has 0 saturated carbocycles. The van der Waals surface area contributed by atoms with E-state index in [9.17, 15) is 14.7 Å². The molecule has 0 amide bonds. The zero-order chi connectivity index (χ0) is 26.6. The monoisotopic (exact) mass is 504 g/mol. The van der Waals surface area contributed by atoms with Crippen LogP contribution < -0.4 is 9.47 Å². The second-order valence-electron chi connectivity index (χ2n) is 8.54. The molecule has 0 aromatic heterocycles. The summed E-state index contributed by atoms with van der Waals surface area (Å²) in [4.78, 5) is 24.5. The minimum atomic E-state index is -0.840. The Labute approximate surface area is 222 Å². The molecule has 0 aliphatic carbocycles. The molecule has 5 nitrogen and oxygen atoms in total. The number of ether oxygens (including phenoxy) is 2. The third-order valence-electron chi connectivity index (χ3n) is 5.62. The van der Waals surface area contributed by atoms with E-state index < -0.39 is 6.10 Å². The highest BCUT2D eigenvalue weighted by molar-refractivity contribution is 6.07. The van der Waals surface area contributed by atoms with Crippen molar-refractivity contribution in [3.8, 4) is 11.5 Å². The van der Waals surface area contributed by atoms with Crippen molar-refractivity contribution in [2.75, 3.05) is 13.2 Å². The molecule has 4 aromatic rings. The Morgan fingerprint density at radius 2 is 1.00 bits per heavy atom. The summed E-state index contributed by atoms with van der Waals surface area (Å²) in [7, 11) is 0. The highest BCUT2D eigenvalue weighted by Crippen LogP contribution is 2.16. The van der Waals surface area contributed by atoms with Gasteiger partial charge in [0.1, 0.15) is 30.8 Å². The van der Waals surface area contributed by atoms with Gasteiger partial charge in [0, 0.05) is 11.1 Å². The zero-order valence-electron chi connectivity index (χ0n) is 20.8. The summed E-state index contributed by atoms with van der Waals surface area (Å²) in [5, 5.41) is 10.2. The van der Waals surface area contributed by atoms with Gasteiger partial charge < -0.3 is 14.6 Å². The molecule has 4 aromatic carbocycles. The van der Waals surface area contributed by atoms with Crippen molar-refractivity contribution in [3.05, 3.63) is 144 Å².